The van der Waals surface area contributed by atoms with Crippen LogP contribution in [0, 0.1) is 0 Å². The molecule has 16 heavy (non-hydrogen) atoms. The second-order valence-corrected chi connectivity index (χ2v) is 4.14. The molecule has 0 bridgehead atoms. The van der Waals surface area contributed by atoms with E-state index in [-0.39, 0.29) is 12.1 Å². The molecule has 0 fully saturated rings. The van der Waals surface area contributed by atoms with Gasteiger partial charge in [-0.1, -0.05) is 13.8 Å². The first-order chi connectivity index (χ1) is 7.71. The van der Waals surface area contributed by atoms with E-state index in [4.69, 9.17) is 0 Å². The molecule has 0 unspecified atom stereocenters. The number of aromatic nitrogens is 2. The summed E-state index contributed by atoms with van der Waals surface area (Å²) >= 11 is 0. The van der Waals surface area contributed by atoms with Crippen molar-refractivity contribution in [2.45, 2.75) is 52.2 Å². The van der Waals surface area contributed by atoms with E-state index in [2.05, 4.69) is 31.2 Å². The number of nitrogens with zero attached hydrogens (tertiary/aromatic N) is 2. The second-order valence-electron chi connectivity index (χ2n) is 4.14. The van der Waals surface area contributed by atoms with Crippen LogP contribution in [0.25, 0.3) is 0 Å². The predicted octanol–water partition coefficient (Wildman–Crippen LogP) is 1.54. The Hall–Kier alpha value is -0.870. The van der Waals surface area contributed by atoms with Crippen LogP contribution in [0.15, 0.2) is 12.3 Å². The van der Waals surface area contributed by atoms with Gasteiger partial charge >= 0.3 is 0 Å². The van der Waals surface area contributed by atoms with Crippen molar-refractivity contribution < 1.29 is 5.11 Å². The fraction of sp³-hybridized carbons (Fsp3) is 0.750. The number of rotatable bonds is 7. The minimum Gasteiger partial charge on any atom is -0.394 e. The molecule has 92 valence electrons. The Labute approximate surface area is 97.7 Å². The van der Waals surface area contributed by atoms with Crippen LogP contribution in [0.5, 0.6) is 0 Å². The number of nitrogens with one attached hydrogen (secondary N) is 1. The van der Waals surface area contributed by atoms with Gasteiger partial charge in [-0.2, -0.15) is 5.10 Å². The van der Waals surface area contributed by atoms with Crippen molar-refractivity contribution in [2.75, 3.05) is 6.61 Å². The van der Waals surface area contributed by atoms with Crippen molar-refractivity contribution in [1.29, 1.82) is 0 Å². The number of hydrogen-bond acceptors (Lipinski definition) is 3. The van der Waals surface area contributed by atoms with Gasteiger partial charge in [0.25, 0.3) is 0 Å². The third-order valence-corrected chi connectivity index (χ3v) is 3.40. The largest absolute Gasteiger partial charge is 0.394 e. The highest BCUT2D eigenvalue weighted by Crippen LogP contribution is 2.15. The van der Waals surface area contributed by atoms with Crippen LogP contribution >= 0.6 is 0 Å². The fourth-order valence-electron chi connectivity index (χ4n) is 1.85. The summed E-state index contributed by atoms with van der Waals surface area (Å²) in [6.07, 6.45) is 3.68. The molecular weight excluding hydrogens is 202 g/mol. The maximum Gasteiger partial charge on any atom is 0.0613 e. The van der Waals surface area contributed by atoms with Gasteiger partial charge in [0.15, 0.2) is 0 Å². The van der Waals surface area contributed by atoms with Crippen molar-refractivity contribution in [2.24, 2.45) is 0 Å². The van der Waals surface area contributed by atoms with Crippen LogP contribution in [0.2, 0.25) is 0 Å². The van der Waals surface area contributed by atoms with E-state index in [0.29, 0.717) is 0 Å². The van der Waals surface area contributed by atoms with Gasteiger partial charge in [0.1, 0.15) is 0 Å². The molecular formula is C12H23N3O. The van der Waals surface area contributed by atoms with Crippen LogP contribution in [-0.4, -0.2) is 27.0 Å². The molecule has 2 N–H and O–H groups in total. The van der Waals surface area contributed by atoms with Gasteiger partial charge in [-0.25, -0.2) is 0 Å². The highest BCUT2D eigenvalue weighted by Gasteiger charge is 2.24. The van der Waals surface area contributed by atoms with Gasteiger partial charge in [0.2, 0.25) is 0 Å². The quantitative estimate of drug-likeness (QED) is 0.740. The Bertz CT molecular complexity index is 297. The first-order valence-electron chi connectivity index (χ1n) is 6.08. The van der Waals surface area contributed by atoms with Crippen molar-refractivity contribution in [3.63, 3.8) is 0 Å². The molecule has 0 spiro atoms. The van der Waals surface area contributed by atoms with Gasteiger partial charge in [0.05, 0.1) is 12.3 Å². The summed E-state index contributed by atoms with van der Waals surface area (Å²) in [6.45, 7) is 8.11. The van der Waals surface area contributed by atoms with E-state index in [1.54, 1.807) is 0 Å². The summed E-state index contributed by atoms with van der Waals surface area (Å²) in [5.74, 6) is 0. The molecule has 1 rings (SSSR count). The maximum absolute atomic E-state index is 9.45. The molecule has 0 aliphatic carbocycles. The third-order valence-electron chi connectivity index (χ3n) is 3.40. The molecule has 1 aromatic rings. The normalized spacial score (nSPS) is 12.0. The summed E-state index contributed by atoms with van der Waals surface area (Å²) in [5, 5.41) is 17.1. The van der Waals surface area contributed by atoms with Crippen LogP contribution in [-0.2, 0) is 13.1 Å². The molecule has 0 atom stereocenters. The van der Waals surface area contributed by atoms with Crippen LogP contribution in [0.4, 0.5) is 0 Å². The van der Waals surface area contributed by atoms with Crippen molar-refractivity contribution >= 4 is 0 Å². The Morgan fingerprint density at radius 1 is 1.38 bits per heavy atom. The maximum atomic E-state index is 9.45. The van der Waals surface area contributed by atoms with Crippen molar-refractivity contribution in [3.05, 3.63) is 18.0 Å². The molecule has 0 amide bonds. The second kappa shape index (κ2) is 6.01. The molecule has 1 heterocycles. The van der Waals surface area contributed by atoms with E-state index in [1.807, 2.05) is 16.9 Å². The Balaban J connectivity index is 2.62. The number of aryl methyl sites for hydroxylation is 1. The molecule has 0 saturated heterocycles. The van der Waals surface area contributed by atoms with Crippen LogP contribution < -0.4 is 5.32 Å². The molecule has 0 saturated carbocycles. The zero-order chi connectivity index (χ0) is 12.0. The summed E-state index contributed by atoms with van der Waals surface area (Å²) in [6, 6.07) is 2.02. The first kappa shape index (κ1) is 13.2. The topological polar surface area (TPSA) is 50.1 Å². The zero-order valence-corrected chi connectivity index (χ0v) is 10.5. The first-order valence-corrected chi connectivity index (χ1v) is 6.08. The number of aliphatic hydroxyl groups is 1. The zero-order valence-electron chi connectivity index (χ0n) is 10.5. The summed E-state index contributed by atoms with van der Waals surface area (Å²) in [4.78, 5) is 0. The van der Waals surface area contributed by atoms with Gasteiger partial charge in [-0.15, -0.1) is 0 Å². The fourth-order valence-corrected chi connectivity index (χ4v) is 1.85. The minimum absolute atomic E-state index is 0.150. The molecule has 0 aliphatic rings. The van der Waals surface area contributed by atoms with Crippen LogP contribution in [0.3, 0.4) is 0 Å². The highest BCUT2D eigenvalue weighted by atomic mass is 16.3. The van der Waals surface area contributed by atoms with Gasteiger partial charge in [0, 0.05) is 24.8 Å². The highest BCUT2D eigenvalue weighted by molar-refractivity contribution is 5.01. The van der Waals surface area contributed by atoms with E-state index in [1.165, 1.54) is 5.69 Å². The molecule has 4 nitrogen and oxygen atoms in total. The van der Waals surface area contributed by atoms with Gasteiger partial charge < -0.3 is 10.4 Å². The smallest absolute Gasteiger partial charge is 0.0613 e. The molecule has 0 aliphatic heterocycles. The minimum atomic E-state index is -0.150. The number of hydrogen-bond donors (Lipinski definition) is 2. The van der Waals surface area contributed by atoms with E-state index < -0.39 is 0 Å². The Kier molecular flexibility index (Phi) is 4.96. The van der Waals surface area contributed by atoms with Gasteiger partial charge in [-0.05, 0) is 25.8 Å². The monoisotopic (exact) mass is 225 g/mol. The Morgan fingerprint density at radius 3 is 2.56 bits per heavy atom. The SMILES string of the molecule is CCn1nccc1CNC(CC)(CC)CO. The summed E-state index contributed by atoms with van der Waals surface area (Å²) < 4.78 is 1.97. The van der Waals surface area contributed by atoms with E-state index >= 15 is 0 Å². The number of aliphatic hydroxyl groups excluding tert-OH is 1. The predicted molar refractivity (Wildman–Crippen MR) is 65.1 cm³/mol. The lowest BCUT2D eigenvalue weighted by Gasteiger charge is -2.31. The Morgan fingerprint density at radius 2 is 2.06 bits per heavy atom. The average molecular weight is 225 g/mol. The van der Waals surface area contributed by atoms with E-state index in [9.17, 15) is 5.11 Å². The molecule has 0 radical (unpaired) electrons. The standard InChI is InChI=1S/C12H23N3O/c1-4-12(5-2,10-16)13-9-11-7-8-14-15(11)6-3/h7-8,13,16H,4-6,9-10H2,1-3H3. The van der Waals surface area contributed by atoms with Crippen molar-refractivity contribution in [3.8, 4) is 0 Å². The molecule has 1 aromatic heterocycles. The van der Waals surface area contributed by atoms with Gasteiger partial charge in [-0.3, -0.25) is 4.68 Å². The average Bonchev–Trinajstić information content (AvgIpc) is 2.79. The summed E-state index contributed by atoms with van der Waals surface area (Å²) in [7, 11) is 0. The lowest BCUT2D eigenvalue weighted by atomic mass is 9.94. The lowest BCUT2D eigenvalue weighted by molar-refractivity contribution is 0.148. The van der Waals surface area contributed by atoms with E-state index in [0.717, 1.165) is 25.9 Å². The lowest BCUT2D eigenvalue weighted by Crippen LogP contribution is -2.47. The van der Waals surface area contributed by atoms with Crippen LogP contribution in [0.1, 0.15) is 39.3 Å². The molecule has 0 aromatic carbocycles. The third kappa shape index (κ3) is 2.83. The summed E-state index contributed by atoms with van der Waals surface area (Å²) in [5.41, 5.74) is 1.02. The van der Waals surface area contributed by atoms with Crippen molar-refractivity contribution in [1.82, 2.24) is 15.1 Å². The molecule has 4 heteroatoms.